The number of carbonyl (C=O) groups excluding carboxylic acids is 2. The highest BCUT2D eigenvalue weighted by molar-refractivity contribution is 6.34. The summed E-state index contributed by atoms with van der Waals surface area (Å²) in [5, 5.41) is 14.0. The van der Waals surface area contributed by atoms with Crippen molar-refractivity contribution in [1.82, 2.24) is 0 Å². The summed E-state index contributed by atoms with van der Waals surface area (Å²) in [7, 11) is 0. The van der Waals surface area contributed by atoms with E-state index in [0.29, 0.717) is 24.5 Å². The first-order chi connectivity index (χ1) is 12.7. The highest BCUT2D eigenvalue weighted by Crippen LogP contribution is 2.29. The molecule has 0 aliphatic rings. The van der Waals surface area contributed by atoms with Crippen LogP contribution in [0.2, 0.25) is 5.02 Å². The van der Waals surface area contributed by atoms with Crippen LogP contribution >= 0.6 is 11.6 Å². The number of hydrogen-bond acceptors (Lipinski definition) is 4. The number of hydrogen-bond donors (Lipinski definition) is 3. The van der Waals surface area contributed by atoms with Gasteiger partial charge in [-0.15, -0.1) is 0 Å². The molecule has 0 spiro atoms. The molecule has 2 aromatic rings. The molecule has 9 heteroatoms. The number of benzene rings is 2. The molecule has 0 bridgehead atoms. The maximum atomic E-state index is 13.4. The van der Waals surface area contributed by atoms with Crippen LogP contribution in [0.25, 0.3) is 0 Å². The van der Waals surface area contributed by atoms with Crippen molar-refractivity contribution in [2.24, 2.45) is 0 Å². The molecule has 0 saturated carbocycles. The number of rotatable bonds is 6. The second kappa shape index (κ2) is 8.79. The number of amides is 2. The number of ether oxygens (including phenoxy) is 1. The van der Waals surface area contributed by atoms with Gasteiger partial charge in [-0.1, -0.05) is 11.6 Å². The molecule has 0 fully saturated rings. The summed E-state index contributed by atoms with van der Waals surface area (Å²) >= 11 is 5.81. The predicted octanol–water partition coefficient (Wildman–Crippen LogP) is 3.59. The van der Waals surface area contributed by atoms with Crippen LogP contribution in [0.5, 0.6) is 5.75 Å². The Kier molecular flexibility index (Phi) is 6.70. The van der Waals surface area contributed by atoms with Crippen LogP contribution in [-0.2, 0) is 4.79 Å². The fourth-order valence-electron chi connectivity index (χ4n) is 2.12. The number of anilines is 2. The molecule has 0 aromatic heterocycles. The van der Waals surface area contributed by atoms with Crippen molar-refractivity contribution in [3.05, 3.63) is 52.6 Å². The predicted molar refractivity (Wildman–Crippen MR) is 97.2 cm³/mol. The molecule has 0 saturated heterocycles. The highest BCUT2D eigenvalue weighted by Gasteiger charge is 2.18. The third-order valence-corrected chi connectivity index (χ3v) is 3.75. The van der Waals surface area contributed by atoms with Crippen LogP contribution in [0.3, 0.4) is 0 Å². The monoisotopic (exact) mass is 398 g/mol. The van der Waals surface area contributed by atoms with Crippen molar-refractivity contribution in [1.29, 1.82) is 0 Å². The van der Waals surface area contributed by atoms with Gasteiger partial charge < -0.3 is 20.5 Å². The van der Waals surface area contributed by atoms with Crippen molar-refractivity contribution >= 4 is 34.8 Å². The van der Waals surface area contributed by atoms with Gasteiger partial charge in [-0.05, 0) is 38.1 Å². The Morgan fingerprint density at radius 1 is 1.15 bits per heavy atom. The maximum Gasteiger partial charge on any atom is 0.257 e. The van der Waals surface area contributed by atoms with E-state index in [1.165, 1.54) is 19.1 Å². The van der Waals surface area contributed by atoms with Crippen molar-refractivity contribution in [3.63, 3.8) is 0 Å². The number of nitrogens with one attached hydrogen (secondary N) is 2. The van der Waals surface area contributed by atoms with E-state index in [1.54, 1.807) is 13.0 Å². The normalized spacial score (nSPS) is 11.6. The molecule has 6 nitrogen and oxygen atoms in total. The summed E-state index contributed by atoms with van der Waals surface area (Å²) < 4.78 is 32.0. The van der Waals surface area contributed by atoms with Gasteiger partial charge in [0.05, 0.1) is 28.6 Å². The van der Waals surface area contributed by atoms with Crippen molar-refractivity contribution in [2.45, 2.75) is 20.0 Å². The molecule has 2 rings (SSSR count). The summed E-state index contributed by atoms with van der Waals surface area (Å²) in [6, 6.07) is 5.83. The largest absolute Gasteiger partial charge is 0.494 e. The van der Waals surface area contributed by atoms with E-state index >= 15 is 0 Å². The Hall–Kier alpha value is -2.71. The Morgan fingerprint density at radius 2 is 1.81 bits per heavy atom. The molecule has 1 atom stereocenters. The Bertz CT molecular complexity index is 875. The summed E-state index contributed by atoms with van der Waals surface area (Å²) in [6.45, 7) is 3.41. The lowest BCUT2D eigenvalue weighted by Crippen LogP contribution is -2.25. The second-order valence-corrected chi connectivity index (χ2v) is 5.91. The van der Waals surface area contributed by atoms with Crippen LogP contribution in [0.15, 0.2) is 30.3 Å². The van der Waals surface area contributed by atoms with Gasteiger partial charge >= 0.3 is 0 Å². The summed E-state index contributed by atoms with van der Waals surface area (Å²) in [5.74, 6) is -3.52. The molecule has 0 unspecified atom stereocenters. The van der Waals surface area contributed by atoms with E-state index < -0.39 is 29.6 Å². The maximum absolute atomic E-state index is 13.4. The van der Waals surface area contributed by atoms with Gasteiger partial charge in [-0.2, -0.15) is 0 Å². The van der Waals surface area contributed by atoms with Gasteiger partial charge in [0.1, 0.15) is 11.9 Å². The summed E-state index contributed by atoms with van der Waals surface area (Å²) in [6.07, 6.45) is -1.28. The van der Waals surface area contributed by atoms with E-state index in [4.69, 9.17) is 16.3 Å². The molecule has 2 aromatic carbocycles. The van der Waals surface area contributed by atoms with Crippen LogP contribution in [-0.4, -0.2) is 29.6 Å². The summed E-state index contributed by atoms with van der Waals surface area (Å²) in [5.41, 5.74) is 0.0161. The first-order valence-corrected chi connectivity index (χ1v) is 8.32. The topological polar surface area (TPSA) is 87.7 Å². The molecule has 0 aliphatic heterocycles. The summed E-state index contributed by atoms with van der Waals surface area (Å²) in [4.78, 5) is 24.2. The molecule has 0 radical (unpaired) electrons. The van der Waals surface area contributed by atoms with Crippen molar-refractivity contribution < 1.29 is 28.2 Å². The smallest absolute Gasteiger partial charge is 0.257 e. The molecule has 144 valence electrons. The van der Waals surface area contributed by atoms with Gasteiger partial charge in [0.15, 0.2) is 11.6 Å². The molecule has 27 heavy (non-hydrogen) atoms. The first-order valence-electron chi connectivity index (χ1n) is 7.94. The number of aliphatic hydroxyl groups excluding tert-OH is 1. The third kappa shape index (κ3) is 5.15. The second-order valence-electron chi connectivity index (χ2n) is 5.51. The molecular weight excluding hydrogens is 382 g/mol. The van der Waals surface area contributed by atoms with Gasteiger partial charge in [0.2, 0.25) is 0 Å². The Morgan fingerprint density at radius 3 is 2.44 bits per heavy atom. The molecule has 3 N–H and O–H groups in total. The van der Waals surface area contributed by atoms with E-state index in [9.17, 15) is 23.5 Å². The third-order valence-electron chi connectivity index (χ3n) is 3.44. The Labute approximate surface area is 159 Å². The fraction of sp³-hybridized carbons (Fsp3) is 0.222. The molecular formula is C18H17ClF2N2O4. The van der Waals surface area contributed by atoms with Crippen molar-refractivity contribution in [2.75, 3.05) is 17.2 Å². The van der Waals surface area contributed by atoms with Gasteiger partial charge in [-0.3, -0.25) is 9.59 Å². The quantitative estimate of drug-likeness (QED) is 0.649. The van der Waals surface area contributed by atoms with Gasteiger partial charge in [-0.25, -0.2) is 8.78 Å². The number of aliphatic hydroxyl groups is 1. The zero-order chi connectivity index (χ0) is 20.1. The number of carbonyl (C=O) groups is 2. The SMILES string of the molecule is CCOc1ccc(NC(=O)[C@@H](C)O)c(NC(=O)c2cc(F)c(F)cc2Cl)c1. The van der Waals surface area contributed by atoms with Crippen LogP contribution < -0.4 is 15.4 Å². The lowest BCUT2D eigenvalue weighted by molar-refractivity contribution is -0.123. The van der Waals surface area contributed by atoms with E-state index in [2.05, 4.69) is 10.6 Å². The number of halogens is 3. The van der Waals surface area contributed by atoms with Gasteiger partial charge in [0, 0.05) is 6.07 Å². The minimum atomic E-state index is -1.28. The minimum Gasteiger partial charge on any atom is -0.494 e. The minimum absolute atomic E-state index is 0.126. The molecule has 2 amide bonds. The zero-order valence-electron chi connectivity index (χ0n) is 14.5. The first kappa shape index (κ1) is 20.6. The van der Waals surface area contributed by atoms with E-state index in [1.807, 2.05) is 0 Å². The average molecular weight is 399 g/mol. The lowest BCUT2D eigenvalue weighted by atomic mass is 10.1. The van der Waals surface area contributed by atoms with Crippen LogP contribution in [0.1, 0.15) is 24.2 Å². The van der Waals surface area contributed by atoms with E-state index in [-0.39, 0.29) is 22.0 Å². The van der Waals surface area contributed by atoms with E-state index in [0.717, 1.165) is 0 Å². The van der Waals surface area contributed by atoms with Crippen molar-refractivity contribution in [3.8, 4) is 5.75 Å². The average Bonchev–Trinajstić information content (AvgIpc) is 2.60. The lowest BCUT2D eigenvalue weighted by Gasteiger charge is -2.15. The van der Waals surface area contributed by atoms with Crippen LogP contribution in [0.4, 0.5) is 20.2 Å². The highest BCUT2D eigenvalue weighted by atomic mass is 35.5. The fourth-order valence-corrected chi connectivity index (χ4v) is 2.35. The molecule has 0 heterocycles. The zero-order valence-corrected chi connectivity index (χ0v) is 15.2. The van der Waals surface area contributed by atoms with Gasteiger partial charge in [0.25, 0.3) is 11.8 Å². The Balaban J connectivity index is 2.37. The van der Waals surface area contributed by atoms with Crippen LogP contribution in [0, 0.1) is 11.6 Å². The standard InChI is InChI=1S/C18H17ClF2N2O4/c1-3-27-10-4-5-15(22-17(25)9(2)24)16(6-10)23-18(26)11-7-13(20)14(21)8-12(11)19/h4-9,24H,3H2,1-2H3,(H,22,25)(H,23,26)/t9-/m1/s1. The molecule has 0 aliphatic carbocycles.